The Morgan fingerprint density at radius 2 is 1.28 bits per heavy atom. The van der Waals surface area contributed by atoms with Crippen molar-refractivity contribution in [2.75, 3.05) is 0 Å². The van der Waals surface area contributed by atoms with Crippen molar-refractivity contribution in [3.05, 3.63) is 91.0 Å². The van der Waals surface area contributed by atoms with Crippen molar-refractivity contribution < 1.29 is 0 Å². The Hall–Kier alpha value is -3.46. The molecule has 25 heavy (non-hydrogen) atoms. The van der Waals surface area contributed by atoms with Gasteiger partial charge in [-0.2, -0.15) is 0 Å². The second-order valence-corrected chi connectivity index (χ2v) is 5.99. The van der Waals surface area contributed by atoms with Crippen molar-refractivity contribution >= 4 is 21.9 Å². The van der Waals surface area contributed by atoms with Crippen LogP contribution in [0.1, 0.15) is 0 Å². The molecule has 0 N–H and O–H groups in total. The van der Waals surface area contributed by atoms with E-state index in [1.807, 2.05) is 54.6 Å². The number of pyridine rings is 1. The van der Waals surface area contributed by atoms with Crippen LogP contribution in [-0.4, -0.2) is 14.5 Å². The van der Waals surface area contributed by atoms with Crippen LogP contribution in [0.4, 0.5) is 0 Å². The summed E-state index contributed by atoms with van der Waals surface area (Å²) in [5.74, 6) is 1.79. The van der Waals surface area contributed by atoms with E-state index in [1.165, 1.54) is 0 Å². The van der Waals surface area contributed by atoms with Gasteiger partial charge in [0.1, 0.15) is 11.6 Å². The van der Waals surface area contributed by atoms with Gasteiger partial charge in [0.25, 0.3) is 0 Å². The fraction of sp³-hybridized carbons (Fsp3) is 0. The lowest BCUT2D eigenvalue weighted by Crippen LogP contribution is -2.00. The third-order valence-corrected chi connectivity index (χ3v) is 4.41. The molecule has 0 saturated heterocycles. The molecule has 0 radical (unpaired) electrons. The third-order valence-electron chi connectivity index (χ3n) is 4.41. The second-order valence-electron chi connectivity index (χ2n) is 5.99. The van der Waals surface area contributed by atoms with Gasteiger partial charge in [-0.05, 0) is 30.3 Å². The van der Waals surface area contributed by atoms with Crippen molar-refractivity contribution in [2.45, 2.75) is 0 Å². The average Bonchev–Trinajstić information content (AvgIpc) is 3.08. The maximum Gasteiger partial charge on any atom is 0.146 e. The zero-order valence-electron chi connectivity index (χ0n) is 13.5. The van der Waals surface area contributed by atoms with Gasteiger partial charge in [-0.25, -0.2) is 9.97 Å². The van der Waals surface area contributed by atoms with E-state index in [0.717, 1.165) is 39.1 Å². The first-order valence-electron chi connectivity index (χ1n) is 8.29. The molecule has 0 fully saturated rings. The van der Waals surface area contributed by atoms with E-state index in [1.54, 1.807) is 0 Å². The summed E-state index contributed by atoms with van der Waals surface area (Å²) >= 11 is 0. The first kappa shape index (κ1) is 13.9. The van der Waals surface area contributed by atoms with E-state index in [4.69, 9.17) is 9.97 Å². The molecule has 118 valence electrons. The number of hydrogen-bond acceptors (Lipinski definition) is 2. The molecule has 3 heteroatoms. The number of aromatic nitrogens is 3. The number of nitrogens with zero attached hydrogens (tertiary/aromatic N) is 3. The molecule has 3 nitrogen and oxygen atoms in total. The summed E-state index contributed by atoms with van der Waals surface area (Å²) in [7, 11) is 0. The van der Waals surface area contributed by atoms with Crippen molar-refractivity contribution in [2.24, 2.45) is 0 Å². The van der Waals surface area contributed by atoms with Crippen LogP contribution < -0.4 is 0 Å². The Balaban J connectivity index is 1.84. The van der Waals surface area contributed by atoms with Crippen molar-refractivity contribution in [1.29, 1.82) is 0 Å². The molecule has 0 aliphatic heterocycles. The standard InChI is InChI=1S/C22H15N3/c1-2-9-17(10-3-1)22-24-19-12-6-7-13-20(19)25(22)21-15-14-16-8-4-5-11-18(16)23-21/h1-15H. The van der Waals surface area contributed by atoms with Gasteiger partial charge in [-0.3, -0.25) is 4.57 Å². The molecule has 3 aromatic carbocycles. The van der Waals surface area contributed by atoms with E-state index in [-0.39, 0.29) is 0 Å². The molecule has 5 aromatic rings. The van der Waals surface area contributed by atoms with Gasteiger partial charge in [-0.1, -0.05) is 60.7 Å². The minimum absolute atomic E-state index is 0.881. The summed E-state index contributed by atoms with van der Waals surface area (Å²) < 4.78 is 2.14. The average molecular weight is 321 g/mol. The Morgan fingerprint density at radius 3 is 2.16 bits per heavy atom. The van der Waals surface area contributed by atoms with Gasteiger partial charge >= 0.3 is 0 Å². The monoisotopic (exact) mass is 321 g/mol. The molecule has 0 bridgehead atoms. The molecule has 0 aliphatic carbocycles. The summed E-state index contributed by atoms with van der Waals surface area (Å²) in [6.45, 7) is 0. The fourth-order valence-electron chi connectivity index (χ4n) is 3.22. The van der Waals surface area contributed by atoms with Crippen molar-refractivity contribution in [3.63, 3.8) is 0 Å². The highest BCUT2D eigenvalue weighted by molar-refractivity contribution is 5.84. The second kappa shape index (κ2) is 5.56. The molecule has 0 unspecified atom stereocenters. The van der Waals surface area contributed by atoms with Crippen LogP contribution in [0.15, 0.2) is 91.0 Å². The third kappa shape index (κ3) is 2.29. The Labute approximate surface area is 145 Å². The minimum atomic E-state index is 0.881. The van der Waals surface area contributed by atoms with Crippen molar-refractivity contribution in [1.82, 2.24) is 14.5 Å². The molecule has 0 saturated carbocycles. The first-order chi connectivity index (χ1) is 12.4. The van der Waals surface area contributed by atoms with Crippen LogP contribution in [0, 0.1) is 0 Å². The van der Waals surface area contributed by atoms with Crippen LogP contribution in [0.5, 0.6) is 0 Å². The summed E-state index contributed by atoms with van der Waals surface area (Å²) in [6.07, 6.45) is 0. The molecule has 0 spiro atoms. The number of rotatable bonds is 2. The molecule has 0 amide bonds. The van der Waals surface area contributed by atoms with Gasteiger partial charge in [0.05, 0.1) is 16.6 Å². The van der Waals surface area contributed by atoms with Gasteiger partial charge in [0.15, 0.2) is 0 Å². The lowest BCUT2D eigenvalue weighted by atomic mass is 10.2. The van der Waals surface area contributed by atoms with Gasteiger partial charge in [-0.15, -0.1) is 0 Å². The number of benzene rings is 3. The van der Waals surface area contributed by atoms with Gasteiger partial charge < -0.3 is 0 Å². The first-order valence-corrected chi connectivity index (χ1v) is 8.29. The van der Waals surface area contributed by atoms with E-state index in [2.05, 4.69) is 41.0 Å². The van der Waals surface area contributed by atoms with Crippen LogP contribution >= 0.6 is 0 Å². The van der Waals surface area contributed by atoms with E-state index >= 15 is 0 Å². The predicted octanol–water partition coefficient (Wildman–Crippen LogP) is 5.24. The Kier molecular flexibility index (Phi) is 3.10. The normalized spacial score (nSPS) is 11.2. The number of imidazole rings is 1. The lowest BCUT2D eigenvalue weighted by molar-refractivity contribution is 1.05. The van der Waals surface area contributed by atoms with Gasteiger partial charge in [0, 0.05) is 10.9 Å². The van der Waals surface area contributed by atoms with Crippen LogP contribution in [0.3, 0.4) is 0 Å². The van der Waals surface area contributed by atoms with Crippen LogP contribution in [0.25, 0.3) is 39.1 Å². The zero-order valence-corrected chi connectivity index (χ0v) is 13.5. The Bertz CT molecular complexity index is 1190. The summed E-state index contributed by atoms with van der Waals surface area (Å²) in [5, 5.41) is 1.14. The highest BCUT2D eigenvalue weighted by Gasteiger charge is 2.14. The summed E-state index contributed by atoms with van der Waals surface area (Å²) in [6, 6.07) is 30.8. The van der Waals surface area contributed by atoms with E-state index < -0.39 is 0 Å². The molecule has 0 atom stereocenters. The van der Waals surface area contributed by atoms with Gasteiger partial charge in [0.2, 0.25) is 0 Å². The number of para-hydroxylation sites is 3. The lowest BCUT2D eigenvalue weighted by Gasteiger charge is -2.09. The Morgan fingerprint density at radius 1 is 0.560 bits per heavy atom. The summed E-state index contributed by atoms with van der Waals surface area (Å²) in [4.78, 5) is 9.74. The molecule has 0 aliphatic rings. The molecule has 5 rings (SSSR count). The SMILES string of the molecule is c1ccc(-c2nc3ccccc3n2-c2ccc3ccccc3n2)cc1. The smallest absolute Gasteiger partial charge is 0.146 e. The highest BCUT2D eigenvalue weighted by Crippen LogP contribution is 2.28. The number of fused-ring (bicyclic) bond motifs is 2. The largest absolute Gasteiger partial charge is 0.276 e. The van der Waals surface area contributed by atoms with Crippen LogP contribution in [0.2, 0.25) is 0 Å². The molecule has 2 aromatic heterocycles. The molecule has 2 heterocycles. The van der Waals surface area contributed by atoms with Crippen LogP contribution in [-0.2, 0) is 0 Å². The van der Waals surface area contributed by atoms with Crippen molar-refractivity contribution in [3.8, 4) is 17.2 Å². The molecular formula is C22H15N3. The van der Waals surface area contributed by atoms with E-state index in [0.29, 0.717) is 0 Å². The summed E-state index contributed by atoms with van der Waals surface area (Å²) in [5.41, 5.74) is 4.09. The maximum atomic E-state index is 4.88. The van der Waals surface area contributed by atoms with E-state index in [9.17, 15) is 0 Å². The minimum Gasteiger partial charge on any atom is -0.276 e. The highest BCUT2D eigenvalue weighted by atomic mass is 15.1. The fourth-order valence-corrected chi connectivity index (χ4v) is 3.22. The quantitative estimate of drug-likeness (QED) is 0.445. The zero-order chi connectivity index (χ0) is 16.6. The topological polar surface area (TPSA) is 30.7 Å². The maximum absolute atomic E-state index is 4.88. The predicted molar refractivity (Wildman–Crippen MR) is 102 cm³/mol. The molecular weight excluding hydrogens is 306 g/mol. The number of hydrogen-bond donors (Lipinski definition) is 0.